The largest absolute Gasteiger partial charge is 0.478 e. The van der Waals surface area contributed by atoms with Crippen LogP contribution in [0.1, 0.15) is 20.3 Å². The molecule has 0 bridgehead atoms. The quantitative estimate of drug-likeness (QED) is 0.658. The lowest BCUT2D eigenvalue weighted by Crippen LogP contribution is -2.46. The summed E-state index contributed by atoms with van der Waals surface area (Å²) in [5.41, 5.74) is 8.04. The summed E-state index contributed by atoms with van der Waals surface area (Å²) >= 11 is 0. The first kappa shape index (κ1) is 12.5. The maximum atomic E-state index is 12.3. The first-order chi connectivity index (χ1) is 8.52. The Morgan fingerprint density at radius 1 is 1.56 bits per heavy atom. The minimum absolute atomic E-state index is 0.0291. The Morgan fingerprint density at radius 2 is 2.28 bits per heavy atom. The number of nitrogens with zero attached hydrogens (tertiary/aromatic N) is 1. The molecule has 2 rings (SSSR count). The zero-order valence-corrected chi connectivity index (χ0v) is 10.8. The summed E-state index contributed by atoms with van der Waals surface area (Å²) in [6, 6.07) is 5.35. The molecule has 2 N–H and O–H groups in total. The van der Waals surface area contributed by atoms with Crippen molar-refractivity contribution in [2.24, 2.45) is 0 Å². The van der Waals surface area contributed by atoms with Crippen molar-refractivity contribution in [2.45, 2.75) is 26.4 Å². The lowest BCUT2D eigenvalue weighted by molar-refractivity contribution is -0.126. The number of benzene rings is 1. The molecule has 0 radical (unpaired) electrons. The van der Waals surface area contributed by atoms with Crippen molar-refractivity contribution < 1.29 is 9.53 Å². The van der Waals surface area contributed by atoms with Crippen molar-refractivity contribution in [2.75, 3.05) is 17.2 Å². The molecule has 0 fully saturated rings. The number of nitrogens with two attached hydrogens (primary N) is 1. The Bertz CT molecular complexity index is 497. The average molecular weight is 246 g/mol. The molecule has 0 saturated heterocycles. The molecule has 1 aromatic rings. The molecule has 18 heavy (non-hydrogen) atoms. The fourth-order valence-corrected chi connectivity index (χ4v) is 2.03. The van der Waals surface area contributed by atoms with Gasteiger partial charge in [0.2, 0.25) is 0 Å². The summed E-state index contributed by atoms with van der Waals surface area (Å²) in [5.74, 6) is 0.676. The highest BCUT2D eigenvalue weighted by molar-refractivity contribution is 6.00. The summed E-state index contributed by atoms with van der Waals surface area (Å²) in [4.78, 5) is 14.0. The van der Waals surface area contributed by atoms with Crippen LogP contribution in [0.25, 0.3) is 0 Å². The van der Waals surface area contributed by atoms with Crippen LogP contribution in [0.2, 0.25) is 0 Å². The van der Waals surface area contributed by atoms with Crippen molar-refractivity contribution in [3.8, 4) is 5.75 Å². The molecule has 96 valence electrons. The number of carbonyl (C=O) groups is 1. The summed E-state index contributed by atoms with van der Waals surface area (Å²) < 4.78 is 5.68. The number of rotatable bonds is 3. The molecule has 1 atom stereocenters. The zero-order chi connectivity index (χ0) is 13.3. The highest BCUT2D eigenvalue weighted by atomic mass is 16.5. The second-order valence-corrected chi connectivity index (χ2v) is 4.62. The number of hydrogen-bond donors (Lipinski definition) is 1. The summed E-state index contributed by atoms with van der Waals surface area (Å²) in [6.07, 6.45) is 0.232. The molecule has 1 unspecified atom stereocenters. The second-order valence-electron chi connectivity index (χ2n) is 4.62. The maximum absolute atomic E-state index is 12.3. The maximum Gasteiger partial charge on any atom is 0.268 e. The fraction of sp³-hybridized carbons (Fsp3) is 0.357. The van der Waals surface area contributed by atoms with Gasteiger partial charge in [-0.3, -0.25) is 4.79 Å². The van der Waals surface area contributed by atoms with Crippen LogP contribution in [0.4, 0.5) is 11.4 Å². The SMILES string of the molecule is C=C(C)CN1C(=O)C(CC)Oc2ccc(N)cc21. The summed E-state index contributed by atoms with van der Waals surface area (Å²) in [5, 5.41) is 0. The smallest absolute Gasteiger partial charge is 0.268 e. The molecule has 1 amide bonds. The lowest BCUT2D eigenvalue weighted by Gasteiger charge is -2.34. The third-order valence-corrected chi connectivity index (χ3v) is 2.88. The number of amides is 1. The highest BCUT2D eigenvalue weighted by Gasteiger charge is 2.33. The van der Waals surface area contributed by atoms with Crippen molar-refractivity contribution in [1.29, 1.82) is 0 Å². The van der Waals surface area contributed by atoms with Crippen molar-refractivity contribution in [3.05, 3.63) is 30.4 Å². The second kappa shape index (κ2) is 4.72. The van der Waals surface area contributed by atoms with Gasteiger partial charge >= 0.3 is 0 Å². The number of anilines is 2. The third kappa shape index (κ3) is 2.18. The fourth-order valence-electron chi connectivity index (χ4n) is 2.03. The van der Waals surface area contributed by atoms with Crippen LogP contribution in [-0.2, 0) is 4.79 Å². The zero-order valence-electron chi connectivity index (χ0n) is 10.8. The molecule has 4 heteroatoms. The molecule has 1 aliphatic rings. The Hall–Kier alpha value is -1.97. The molecular formula is C14H18N2O2. The minimum Gasteiger partial charge on any atom is -0.478 e. The summed E-state index contributed by atoms with van der Waals surface area (Å²) in [7, 11) is 0. The van der Waals surface area contributed by atoms with Gasteiger partial charge in [-0.15, -0.1) is 0 Å². The molecule has 0 saturated carbocycles. The van der Waals surface area contributed by atoms with Gasteiger partial charge in [0.1, 0.15) is 5.75 Å². The van der Waals surface area contributed by atoms with E-state index in [2.05, 4.69) is 6.58 Å². The van der Waals surface area contributed by atoms with Crippen LogP contribution in [0.5, 0.6) is 5.75 Å². The van der Waals surface area contributed by atoms with E-state index in [1.165, 1.54) is 0 Å². The van der Waals surface area contributed by atoms with Crippen molar-refractivity contribution in [1.82, 2.24) is 0 Å². The van der Waals surface area contributed by atoms with Gasteiger partial charge in [0.05, 0.1) is 5.69 Å². The van der Waals surface area contributed by atoms with Gasteiger partial charge in [-0.2, -0.15) is 0 Å². The van der Waals surface area contributed by atoms with Crippen LogP contribution >= 0.6 is 0 Å². The number of nitrogen functional groups attached to an aromatic ring is 1. The Balaban J connectivity index is 2.45. The van der Waals surface area contributed by atoms with Gasteiger partial charge in [0.15, 0.2) is 6.10 Å². The molecule has 0 spiro atoms. The van der Waals surface area contributed by atoms with Crippen LogP contribution in [0.3, 0.4) is 0 Å². The van der Waals surface area contributed by atoms with E-state index >= 15 is 0 Å². The Morgan fingerprint density at radius 3 is 2.89 bits per heavy atom. The first-order valence-corrected chi connectivity index (χ1v) is 6.05. The highest BCUT2D eigenvalue weighted by Crippen LogP contribution is 2.36. The van der Waals surface area contributed by atoms with Gasteiger partial charge in [0.25, 0.3) is 5.91 Å². The van der Waals surface area contributed by atoms with Crippen LogP contribution in [0.15, 0.2) is 30.4 Å². The normalized spacial score (nSPS) is 18.2. The molecule has 1 aliphatic heterocycles. The van der Waals surface area contributed by atoms with Gasteiger partial charge in [-0.25, -0.2) is 0 Å². The van der Waals surface area contributed by atoms with Gasteiger partial charge < -0.3 is 15.4 Å². The van der Waals surface area contributed by atoms with E-state index in [1.54, 1.807) is 17.0 Å². The van der Waals surface area contributed by atoms with E-state index in [0.29, 0.717) is 24.4 Å². The minimum atomic E-state index is -0.416. The summed E-state index contributed by atoms with van der Waals surface area (Å²) in [6.45, 7) is 8.19. The molecule has 0 aromatic heterocycles. The number of hydrogen-bond acceptors (Lipinski definition) is 3. The monoisotopic (exact) mass is 246 g/mol. The van der Waals surface area contributed by atoms with Crippen LogP contribution in [-0.4, -0.2) is 18.6 Å². The lowest BCUT2D eigenvalue weighted by atomic mass is 10.1. The van der Waals surface area contributed by atoms with Crippen molar-refractivity contribution in [3.63, 3.8) is 0 Å². The van der Waals surface area contributed by atoms with E-state index in [0.717, 1.165) is 11.3 Å². The molecule has 4 nitrogen and oxygen atoms in total. The number of ether oxygens (including phenoxy) is 1. The predicted octanol–water partition coefficient (Wildman–Crippen LogP) is 2.35. The van der Waals surface area contributed by atoms with Crippen molar-refractivity contribution >= 4 is 17.3 Å². The van der Waals surface area contributed by atoms with E-state index in [1.807, 2.05) is 19.9 Å². The number of carbonyl (C=O) groups excluding carboxylic acids is 1. The first-order valence-electron chi connectivity index (χ1n) is 6.05. The van der Waals surface area contributed by atoms with E-state index in [4.69, 9.17) is 10.5 Å². The average Bonchev–Trinajstić information content (AvgIpc) is 2.32. The Kier molecular flexibility index (Phi) is 3.28. The Labute approximate surface area is 107 Å². The van der Waals surface area contributed by atoms with Gasteiger partial charge in [0, 0.05) is 12.2 Å². The van der Waals surface area contributed by atoms with E-state index < -0.39 is 6.10 Å². The van der Waals surface area contributed by atoms with Gasteiger partial charge in [-0.05, 0) is 31.5 Å². The van der Waals surface area contributed by atoms with Crippen LogP contribution < -0.4 is 15.4 Å². The molecule has 1 aromatic carbocycles. The number of fused-ring (bicyclic) bond motifs is 1. The molecule has 1 heterocycles. The van der Waals surface area contributed by atoms with Gasteiger partial charge in [-0.1, -0.05) is 19.1 Å². The predicted molar refractivity (Wildman–Crippen MR) is 72.7 cm³/mol. The molecular weight excluding hydrogens is 228 g/mol. The topological polar surface area (TPSA) is 55.6 Å². The third-order valence-electron chi connectivity index (χ3n) is 2.88. The standard InChI is InChI=1S/C14H18N2O2/c1-4-12-14(17)16(8-9(2)3)11-7-10(15)5-6-13(11)18-12/h5-7,12H,2,4,8,15H2,1,3H3. The van der Waals surface area contributed by atoms with E-state index in [-0.39, 0.29) is 5.91 Å². The molecule has 0 aliphatic carbocycles. The van der Waals surface area contributed by atoms with Crippen LogP contribution in [0, 0.1) is 0 Å². The van der Waals surface area contributed by atoms with E-state index in [9.17, 15) is 4.79 Å².